The fourth-order valence-corrected chi connectivity index (χ4v) is 1.55. The second-order valence-corrected chi connectivity index (χ2v) is 3.24. The van der Waals surface area contributed by atoms with E-state index in [4.69, 9.17) is 14.6 Å². The van der Waals surface area contributed by atoms with Crippen molar-refractivity contribution in [3.63, 3.8) is 0 Å². The molecule has 0 radical (unpaired) electrons. The topological polar surface area (TPSA) is 79.2 Å². The Hall–Kier alpha value is -0.200. The molecule has 0 saturated carbocycles. The van der Waals surface area contributed by atoms with Crippen molar-refractivity contribution in [1.29, 1.82) is 0 Å². The zero-order valence-corrected chi connectivity index (χ0v) is 7.75. The summed E-state index contributed by atoms with van der Waals surface area (Å²) in [4.78, 5) is 0. The number of rotatable bonds is 2. The monoisotopic (exact) mass is 192 g/mol. The van der Waals surface area contributed by atoms with E-state index in [-0.39, 0.29) is 6.61 Å². The quantitative estimate of drug-likeness (QED) is 0.496. The van der Waals surface area contributed by atoms with Crippen LogP contribution in [0.3, 0.4) is 0 Å². The second kappa shape index (κ2) is 4.34. The van der Waals surface area contributed by atoms with Crippen molar-refractivity contribution >= 4 is 0 Å². The van der Waals surface area contributed by atoms with Gasteiger partial charge in [0.15, 0.2) is 0 Å². The largest absolute Gasteiger partial charge is 0.394 e. The smallest absolute Gasteiger partial charge is 0.114 e. The molecule has 1 saturated heterocycles. The average Bonchev–Trinajstić information content (AvgIpc) is 2.12. The summed E-state index contributed by atoms with van der Waals surface area (Å²) in [5.41, 5.74) is 0. The van der Waals surface area contributed by atoms with E-state index in [0.717, 1.165) is 0 Å². The number of hydrogen-bond donors (Lipinski definition) is 3. The van der Waals surface area contributed by atoms with Crippen LogP contribution in [0, 0.1) is 0 Å². The minimum atomic E-state index is -0.985. The van der Waals surface area contributed by atoms with Gasteiger partial charge in [-0.25, -0.2) is 0 Å². The summed E-state index contributed by atoms with van der Waals surface area (Å²) < 4.78 is 10.1. The van der Waals surface area contributed by atoms with Crippen molar-refractivity contribution in [2.75, 3.05) is 13.7 Å². The molecule has 0 aromatic heterocycles. The molecule has 5 heteroatoms. The molecule has 3 N–H and O–H groups in total. The fourth-order valence-electron chi connectivity index (χ4n) is 1.55. The third kappa shape index (κ3) is 2.00. The first-order valence-corrected chi connectivity index (χ1v) is 4.27. The van der Waals surface area contributed by atoms with Crippen LogP contribution in [0.2, 0.25) is 0 Å². The SMILES string of the molecule is COC1[C@@H](O)[C@H](C)O[C@H](CO)[C@H]1O. The van der Waals surface area contributed by atoms with E-state index >= 15 is 0 Å². The molecule has 0 spiro atoms. The standard InChI is InChI=1S/C8H16O5/c1-4-6(10)8(12-2)7(11)5(3-9)13-4/h4-11H,3H2,1-2H3/t4-,5+,6-,7+,8?/m0/s1. The van der Waals surface area contributed by atoms with E-state index < -0.39 is 30.5 Å². The molecule has 0 aliphatic carbocycles. The van der Waals surface area contributed by atoms with E-state index in [1.807, 2.05) is 0 Å². The van der Waals surface area contributed by atoms with Crippen LogP contribution in [0.1, 0.15) is 6.92 Å². The molecule has 1 heterocycles. The van der Waals surface area contributed by atoms with Crippen LogP contribution in [0.4, 0.5) is 0 Å². The van der Waals surface area contributed by atoms with Crippen LogP contribution in [-0.4, -0.2) is 59.6 Å². The van der Waals surface area contributed by atoms with Gasteiger partial charge in [-0.3, -0.25) is 0 Å². The van der Waals surface area contributed by atoms with Gasteiger partial charge in [-0.15, -0.1) is 0 Å². The van der Waals surface area contributed by atoms with Crippen LogP contribution < -0.4 is 0 Å². The maximum absolute atomic E-state index is 9.55. The van der Waals surface area contributed by atoms with Crippen LogP contribution in [0.5, 0.6) is 0 Å². The Bertz CT molecular complexity index is 163. The Labute approximate surface area is 76.9 Å². The Balaban J connectivity index is 2.69. The summed E-state index contributed by atoms with van der Waals surface area (Å²) in [5.74, 6) is 0. The molecular formula is C8H16O5. The van der Waals surface area contributed by atoms with Crippen LogP contribution in [0.15, 0.2) is 0 Å². The lowest BCUT2D eigenvalue weighted by Gasteiger charge is -2.40. The highest BCUT2D eigenvalue weighted by molar-refractivity contribution is 4.91. The van der Waals surface area contributed by atoms with Gasteiger partial charge in [0, 0.05) is 7.11 Å². The Morgan fingerprint density at radius 3 is 2.38 bits per heavy atom. The van der Waals surface area contributed by atoms with Gasteiger partial charge in [0.05, 0.1) is 12.7 Å². The minimum Gasteiger partial charge on any atom is -0.394 e. The van der Waals surface area contributed by atoms with E-state index in [0.29, 0.717) is 0 Å². The first-order valence-electron chi connectivity index (χ1n) is 4.27. The van der Waals surface area contributed by atoms with Crippen molar-refractivity contribution in [1.82, 2.24) is 0 Å². The van der Waals surface area contributed by atoms with Gasteiger partial charge in [0.25, 0.3) is 0 Å². The summed E-state index contributed by atoms with van der Waals surface area (Å²) in [7, 11) is 1.41. The van der Waals surface area contributed by atoms with Crippen molar-refractivity contribution in [2.24, 2.45) is 0 Å². The molecule has 5 atom stereocenters. The summed E-state index contributed by atoms with van der Waals surface area (Å²) in [5, 5.41) is 27.9. The summed E-state index contributed by atoms with van der Waals surface area (Å²) in [6, 6.07) is 0. The Morgan fingerprint density at radius 1 is 1.31 bits per heavy atom. The van der Waals surface area contributed by atoms with Crippen LogP contribution in [-0.2, 0) is 9.47 Å². The van der Waals surface area contributed by atoms with Gasteiger partial charge in [0.2, 0.25) is 0 Å². The number of aliphatic hydroxyl groups excluding tert-OH is 3. The highest BCUT2D eigenvalue weighted by atomic mass is 16.6. The molecule has 0 aromatic rings. The van der Waals surface area contributed by atoms with Gasteiger partial charge < -0.3 is 24.8 Å². The summed E-state index contributed by atoms with van der Waals surface area (Å²) >= 11 is 0. The molecule has 13 heavy (non-hydrogen) atoms. The zero-order chi connectivity index (χ0) is 10.0. The zero-order valence-electron chi connectivity index (χ0n) is 7.75. The van der Waals surface area contributed by atoms with Crippen LogP contribution >= 0.6 is 0 Å². The first kappa shape index (κ1) is 10.9. The third-order valence-corrected chi connectivity index (χ3v) is 2.38. The molecular weight excluding hydrogens is 176 g/mol. The molecule has 1 aliphatic rings. The molecule has 1 unspecified atom stereocenters. The van der Waals surface area contributed by atoms with E-state index in [2.05, 4.69) is 0 Å². The van der Waals surface area contributed by atoms with Gasteiger partial charge in [-0.1, -0.05) is 0 Å². The summed E-state index contributed by atoms with van der Waals surface area (Å²) in [6.07, 6.45) is -3.65. The van der Waals surface area contributed by atoms with Crippen LogP contribution in [0.25, 0.3) is 0 Å². The average molecular weight is 192 g/mol. The van der Waals surface area contributed by atoms with Gasteiger partial charge >= 0.3 is 0 Å². The number of hydrogen-bond acceptors (Lipinski definition) is 5. The fraction of sp³-hybridized carbons (Fsp3) is 1.00. The van der Waals surface area contributed by atoms with Gasteiger partial charge in [-0.05, 0) is 6.92 Å². The normalized spacial score (nSPS) is 46.4. The number of aliphatic hydroxyl groups is 3. The molecule has 0 aromatic carbocycles. The predicted octanol–water partition coefficient (Wildman–Crippen LogP) is -1.50. The Kier molecular flexibility index (Phi) is 3.63. The Morgan fingerprint density at radius 2 is 1.92 bits per heavy atom. The maximum Gasteiger partial charge on any atom is 0.114 e. The lowest BCUT2D eigenvalue weighted by atomic mass is 9.96. The molecule has 0 bridgehead atoms. The van der Waals surface area contributed by atoms with E-state index in [1.165, 1.54) is 7.11 Å². The van der Waals surface area contributed by atoms with Crippen molar-refractivity contribution in [3.8, 4) is 0 Å². The second-order valence-electron chi connectivity index (χ2n) is 3.24. The van der Waals surface area contributed by atoms with Crippen molar-refractivity contribution in [3.05, 3.63) is 0 Å². The minimum absolute atomic E-state index is 0.280. The molecule has 5 nitrogen and oxygen atoms in total. The predicted molar refractivity (Wildman–Crippen MR) is 44.2 cm³/mol. The highest BCUT2D eigenvalue weighted by Crippen LogP contribution is 2.22. The first-order chi connectivity index (χ1) is 6.11. The maximum atomic E-state index is 9.55. The molecule has 1 fully saturated rings. The molecule has 78 valence electrons. The van der Waals surface area contributed by atoms with Gasteiger partial charge in [0.1, 0.15) is 24.4 Å². The molecule has 1 aliphatic heterocycles. The number of methoxy groups -OCH3 is 1. The molecule has 1 rings (SSSR count). The third-order valence-electron chi connectivity index (χ3n) is 2.38. The van der Waals surface area contributed by atoms with Crippen molar-refractivity contribution in [2.45, 2.75) is 37.4 Å². The van der Waals surface area contributed by atoms with Gasteiger partial charge in [-0.2, -0.15) is 0 Å². The summed E-state index contributed by atoms with van der Waals surface area (Å²) in [6.45, 7) is 1.39. The lowest BCUT2D eigenvalue weighted by molar-refractivity contribution is -0.231. The lowest BCUT2D eigenvalue weighted by Crippen LogP contribution is -2.58. The highest BCUT2D eigenvalue weighted by Gasteiger charge is 2.42. The van der Waals surface area contributed by atoms with Crippen molar-refractivity contribution < 1.29 is 24.8 Å². The van der Waals surface area contributed by atoms with E-state index in [9.17, 15) is 10.2 Å². The molecule has 0 amide bonds. The van der Waals surface area contributed by atoms with E-state index in [1.54, 1.807) is 6.92 Å². The number of ether oxygens (including phenoxy) is 2.